The van der Waals surface area contributed by atoms with Crippen molar-refractivity contribution in [2.24, 2.45) is 0 Å². The molecule has 0 spiro atoms. The van der Waals surface area contributed by atoms with Gasteiger partial charge in [-0.3, -0.25) is 4.79 Å². The summed E-state index contributed by atoms with van der Waals surface area (Å²) in [6.45, 7) is 5.42. The summed E-state index contributed by atoms with van der Waals surface area (Å²) in [6.07, 6.45) is 0. The van der Waals surface area contributed by atoms with Crippen LogP contribution in [0.3, 0.4) is 0 Å². The summed E-state index contributed by atoms with van der Waals surface area (Å²) in [6, 6.07) is 14.1. The lowest BCUT2D eigenvalue weighted by Crippen LogP contribution is -2.50. The summed E-state index contributed by atoms with van der Waals surface area (Å²) >= 11 is 0. The molecule has 1 aliphatic heterocycles. The van der Waals surface area contributed by atoms with Crippen LogP contribution in [-0.4, -0.2) is 49.7 Å². The van der Waals surface area contributed by atoms with Crippen LogP contribution in [0.5, 0.6) is 0 Å². The van der Waals surface area contributed by atoms with Crippen LogP contribution < -0.4 is 0 Å². The molecule has 1 amide bonds. The maximum Gasteiger partial charge on any atom is 0.253 e. The Hall–Kier alpha value is -2.18. The van der Waals surface area contributed by atoms with Crippen molar-refractivity contribution in [2.75, 3.05) is 26.2 Å². The Kier molecular flexibility index (Phi) is 4.92. The van der Waals surface area contributed by atoms with Gasteiger partial charge in [0.25, 0.3) is 5.91 Å². The van der Waals surface area contributed by atoms with Gasteiger partial charge in [0.2, 0.25) is 10.0 Å². The van der Waals surface area contributed by atoms with Gasteiger partial charge in [-0.15, -0.1) is 0 Å². The predicted molar refractivity (Wildman–Crippen MR) is 97.0 cm³/mol. The standard InChI is InChI=1S/C19H22N2O3S/c1-15-8-9-17(14-16(15)2)19(22)20-10-12-21(13-11-20)25(23,24)18-6-4-3-5-7-18/h3-9,14H,10-13H2,1-2H3. The molecule has 0 atom stereocenters. The second-order valence-electron chi connectivity index (χ2n) is 6.31. The molecule has 2 aromatic rings. The Morgan fingerprint density at radius 3 is 2.12 bits per heavy atom. The molecule has 0 N–H and O–H groups in total. The van der Waals surface area contributed by atoms with Crippen LogP contribution >= 0.6 is 0 Å². The minimum absolute atomic E-state index is 0.0418. The van der Waals surface area contributed by atoms with Gasteiger partial charge in [-0.2, -0.15) is 4.31 Å². The Labute approximate surface area is 148 Å². The van der Waals surface area contributed by atoms with Crippen LogP contribution in [0, 0.1) is 13.8 Å². The van der Waals surface area contributed by atoms with Crippen LogP contribution in [0.15, 0.2) is 53.4 Å². The maximum atomic E-state index is 12.6. The molecule has 0 unspecified atom stereocenters. The Morgan fingerprint density at radius 1 is 0.880 bits per heavy atom. The first-order valence-electron chi connectivity index (χ1n) is 8.31. The number of sulfonamides is 1. The number of nitrogens with zero attached hydrogens (tertiary/aromatic N) is 2. The highest BCUT2D eigenvalue weighted by atomic mass is 32.2. The number of piperazine rings is 1. The first-order chi connectivity index (χ1) is 11.9. The lowest BCUT2D eigenvalue weighted by Gasteiger charge is -2.34. The number of aryl methyl sites for hydroxylation is 2. The zero-order valence-corrected chi connectivity index (χ0v) is 15.3. The molecule has 5 nitrogen and oxygen atoms in total. The number of rotatable bonds is 3. The maximum absolute atomic E-state index is 12.6. The highest BCUT2D eigenvalue weighted by molar-refractivity contribution is 7.89. The van der Waals surface area contributed by atoms with E-state index in [1.165, 1.54) is 4.31 Å². The van der Waals surface area contributed by atoms with E-state index in [1.807, 2.05) is 32.0 Å². The molecular formula is C19H22N2O3S. The Bertz CT molecular complexity index is 871. The van der Waals surface area contributed by atoms with Crippen LogP contribution in [0.2, 0.25) is 0 Å². The molecular weight excluding hydrogens is 336 g/mol. The van der Waals surface area contributed by atoms with Crippen molar-refractivity contribution in [3.63, 3.8) is 0 Å². The van der Waals surface area contributed by atoms with Gasteiger partial charge >= 0.3 is 0 Å². The lowest BCUT2D eigenvalue weighted by molar-refractivity contribution is 0.0698. The number of hydrogen-bond acceptors (Lipinski definition) is 3. The number of amides is 1. The SMILES string of the molecule is Cc1ccc(C(=O)N2CCN(S(=O)(=O)c3ccccc3)CC2)cc1C. The molecule has 0 bridgehead atoms. The van der Waals surface area contributed by atoms with Gasteiger partial charge in [0.1, 0.15) is 0 Å². The van der Waals surface area contributed by atoms with E-state index in [9.17, 15) is 13.2 Å². The molecule has 0 saturated carbocycles. The van der Waals surface area contributed by atoms with Crippen molar-refractivity contribution in [1.82, 2.24) is 9.21 Å². The summed E-state index contributed by atoms with van der Waals surface area (Å²) in [5.74, 6) is -0.0418. The number of carbonyl (C=O) groups excluding carboxylic acids is 1. The second kappa shape index (κ2) is 6.98. The van der Waals surface area contributed by atoms with Crippen molar-refractivity contribution in [2.45, 2.75) is 18.7 Å². The Morgan fingerprint density at radius 2 is 1.52 bits per heavy atom. The highest BCUT2D eigenvalue weighted by Crippen LogP contribution is 2.19. The average Bonchev–Trinajstić information content (AvgIpc) is 2.64. The number of hydrogen-bond donors (Lipinski definition) is 0. The van der Waals surface area contributed by atoms with E-state index < -0.39 is 10.0 Å². The van der Waals surface area contributed by atoms with Gasteiger partial charge < -0.3 is 4.90 Å². The third-order valence-electron chi connectivity index (χ3n) is 4.66. The quantitative estimate of drug-likeness (QED) is 0.847. The highest BCUT2D eigenvalue weighted by Gasteiger charge is 2.30. The van der Waals surface area contributed by atoms with Crippen LogP contribution in [0.4, 0.5) is 0 Å². The monoisotopic (exact) mass is 358 g/mol. The first-order valence-corrected chi connectivity index (χ1v) is 9.75. The molecule has 0 radical (unpaired) electrons. The summed E-state index contributed by atoms with van der Waals surface area (Å²) in [5, 5.41) is 0. The van der Waals surface area contributed by atoms with E-state index in [-0.39, 0.29) is 5.91 Å². The van der Waals surface area contributed by atoms with Gasteiger partial charge in [0, 0.05) is 31.7 Å². The number of benzene rings is 2. The van der Waals surface area contributed by atoms with Crippen LogP contribution in [0.25, 0.3) is 0 Å². The molecule has 0 aromatic heterocycles. The zero-order valence-electron chi connectivity index (χ0n) is 14.5. The van der Waals surface area contributed by atoms with E-state index in [0.29, 0.717) is 36.6 Å². The molecule has 6 heteroatoms. The topological polar surface area (TPSA) is 57.7 Å². The van der Waals surface area contributed by atoms with Crippen LogP contribution in [-0.2, 0) is 10.0 Å². The molecule has 132 valence electrons. The second-order valence-corrected chi connectivity index (χ2v) is 8.25. The largest absolute Gasteiger partial charge is 0.336 e. The molecule has 1 fully saturated rings. The summed E-state index contributed by atoms with van der Waals surface area (Å²) in [4.78, 5) is 14.7. The molecule has 25 heavy (non-hydrogen) atoms. The van der Waals surface area contributed by atoms with Gasteiger partial charge in [0.05, 0.1) is 4.90 Å². The average molecular weight is 358 g/mol. The predicted octanol–water partition coefficient (Wildman–Crippen LogP) is 2.45. The fraction of sp³-hybridized carbons (Fsp3) is 0.316. The van der Waals surface area contributed by atoms with Gasteiger partial charge in [0.15, 0.2) is 0 Å². The summed E-state index contributed by atoms with van der Waals surface area (Å²) in [5.41, 5.74) is 2.88. The fourth-order valence-electron chi connectivity index (χ4n) is 2.93. The normalized spacial score (nSPS) is 16.0. The van der Waals surface area contributed by atoms with E-state index in [2.05, 4.69) is 0 Å². The van der Waals surface area contributed by atoms with Gasteiger partial charge in [-0.05, 0) is 49.2 Å². The zero-order chi connectivity index (χ0) is 18.0. The number of carbonyl (C=O) groups is 1. The lowest BCUT2D eigenvalue weighted by atomic mass is 10.1. The van der Waals surface area contributed by atoms with E-state index in [4.69, 9.17) is 0 Å². The molecule has 2 aromatic carbocycles. The molecule has 3 rings (SSSR count). The fourth-order valence-corrected chi connectivity index (χ4v) is 4.37. The van der Waals surface area contributed by atoms with E-state index in [1.54, 1.807) is 35.2 Å². The summed E-state index contributed by atoms with van der Waals surface area (Å²) < 4.78 is 26.7. The van der Waals surface area contributed by atoms with Crippen molar-refractivity contribution in [1.29, 1.82) is 0 Å². The first kappa shape index (κ1) is 17.6. The smallest absolute Gasteiger partial charge is 0.253 e. The van der Waals surface area contributed by atoms with Gasteiger partial charge in [-0.1, -0.05) is 24.3 Å². The minimum atomic E-state index is -3.49. The molecule has 1 saturated heterocycles. The molecule has 0 aliphatic carbocycles. The van der Waals surface area contributed by atoms with Crippen molar-refractivity contribution in [3.05, 3.63) is 65.2 Å². The summed E-state index contributed by atoms with van der Waals surface area (Å²) in [7, 11) is -3.49. The van der Waals surface area contributed by atoms with Gasteiger partial charge in [-0.25, -0.2) is 8.42 Å². The molecule has 1 aliphatic rings. The van der Waals surface area contributed by atoms with Crippen molar-refractivity contribution < 1.29 is 13.2 Å². The third-order valence-corrected chi connectivity index (χ3v) is 6.57. The van der Waals surface area contributed by atoms with E-state index >= 15 is 0 Å². The van der Waals surface area contributed by atoms with Crippen LogP contribution in [0.1, 0.15) is 21.5 Å². The van der Waals surface area contributed by atoms with Crippen molar-refractivity contribution >= 4 is 15.9 Å². The molecule has 1 heterocycles. The third kappa shape index (κ3) is 3.60. The van der Waals surface area contributed by atoms with Crippen molar-refractivity contribution in [3.8, 4) is 0 Å². The minimum Gasteiger partial charge on any atom is -0.336 e. The Balaban J connectivity index is 1.69. The van der Waals surface area contributed by atoms with E-state index in [0.717, 1.165) is 11.1 Å².